The number of hydrogen-bond acceptors (Lipinski definition) is 2. The normalized spacial score (nSPS) is 17.0. The van der Waals surface area contributed by atoms with E-state index in [1.165, 1.54) is 6.07 Å². The second-order valence-electron chi connectivity index (χ2n) is 5.46. The minimum atomic E-state index is -4.35. The van der Waals surface area contributed by atoms with Crippen LogP contribution in [0.15, 0.2) is 36.4 Å². The van der Waals surface area contributed by atoms with Crippen LogP contribution in [0, 0.1) is 6.92 Å². The lowest BCUT2D eigenvalue weighted by atomic mass is 9.98. The van der Waals surface area contributed by atoms with Gasteiger partial charge in [-0.15, -0.1) is 0 Å². The van der Waals surface area contributed by atoms with Crippen molar-refractivity contribution in [3.63, 3.8) is 0 Å². The molecule has 1 heterocycles. The van der Waals surface area contributed by atoms with Crippen LogP contribution in [-0.2, 0) is 12.6 Å². The molecular weight excluding hydrogens is 291 g/mol. The average molecular weight is 307 g/mol. The summed E-state index contributed by atoms with van der Waals surface area (Å²) in [5.41, 5.74) is 2.30. The van der Waals surface area contributed by atoms with Gasteiger partial charge in [0, 0.05) is 0 Å². The molecule has 1 N–H and O–H groups in total. The number of ether oxygens (including phenoxy) is 1. The van der Waals surface area contributed by atoms with Gasteiger partial charge in [-0.1, -0.05) is 18.2 Å². The van der Waals surface area contributed by atoms with E-state index < -0.39 is 11.7 Å². The van der Waals surface area contributed by atoms with Crippen LogP contribution in [0.2, 0.25) is 0 Å². The number of alkyl halides is 3. The van der Waals surface area contributed by atoms with Gasteiger partial charge in [0.15, 0.2) is 0 Å². The number of hydrogen-bond donors (Lipinski definition) is 1. The number of fused-ring (bicyclic) bond motifs is 1. The molecule has 1 atom stereocenters. The predicted octanol–water partition coefficient (Wildman–Crippen LogP) is 4.73. The van der Waals surface area contributed by atoms with Crippen LogP contribution in [0.5, 0.6) is 5.75 Å². The zero-order valence-corrected chi connectivity index (χ0v) is 12.3. The van der Waals surface area contributed by atoms with Crippen molar-refractivity contribution >= 4 is 5.69 Å². The van der Waals surface area contributed by atoms with Gasteiger partial charge < -0.3 is 10.1 Å². The van der Waals surface area contributed by atoms with Gasteiger partial charge in [0.2, 0.25) is 0 Å². The van der Waals surface area contributed by atoms with E-state index >= 15 is 0 Å². The number of aryl methyl sites for hydroxylation is 1. The lowest BCUT2D eigenvalue weighted by Gasteiger charge is -2.17. The molecule has 3 rings (SSSR count). The molecule has 1 aliphatic rings. The summed E-state index contributed by atoms with van der Waals surface area (Å²) in [4.78, 5) is 0. The number of benzene rings is 2. The molecule has 22 heavy (non-hydrogen) atoms. The number of para-hydroxylation sites is 1. The van der Waals surface area contributed by atoms with E-state index in [2.05, 4.69) is 5.32 Å². The Morgan fingerprint density at radius 3 is 2.59 bits per heavy atom. The molecule has 0 bridgehead atoms. The van der Waals surface area contributed by atoms with Crippen molar-refractivity contribution in [2.24, 2.45) is 0 Å². The predicted molar refractivity (Wildman–Crippen MR) is 79.2 cm³/mol. The topological polar surface area (TPSA) is 21.3 Å². The van der Waals surface area contributed by atoms with Gasteiger partial charge in [-0.25, -0.2) is 0 Å². The van der Waals surface area contributed by atoms with Crippen molar-refractivity contribution in [2.75, 3.05) is 12.4 Å². The maximum Gasteiger partial charge on any atom is 0.418 e. The summed E-state index contributed by atoms with van der Waals surface area (Å²) in [7, 11) is 1.59. The molecule has 0 saturated carbocycles. The standard InChI is InChI=1S/C17H16F3NO/c1-10-8-12(22-2)6-7-13(10)15-9-11-4-3-5-14(16(11)21-15)17(18,19)20/h3-8,15,21H,9H2,1-2H3. The Morgan fingerprint density at radius 1 is 1.18 bits per heavy atom. The molecule has 0 fully saturated rings. The highest BCUT2D eigenvalue weighted by atomic mass is 19.4. The molecule has 0 aliphatic carbocycles. The third-order valence-corrected chi connectivity index (χ3v) is 4.05. The summed E-state index contributed by atoms with van der Waals surface area (Å²) in [5.74, 6) is 0.743. The first-order valence-electron chi connectivity index (χ1n) is 7.00. The maximum absolute atomic E-state index is 13.1. The quantitative estimate of drug-likeness (QED) is 0.866. The summed E-state index contributed by atoms with van der Waals surface area (Å²) in [6.07, 6.45) is -3.80. The zero-order valence-electron chi connectivity index (χ0n) is 12.3. The third-order valence-electron chi connectivity index (χ3n) is 4.05. The summed E-state index contributed by atoms with van der Waals surface area (Å²) in [6, 6.07) is 9.82. The van der Waals surface area contributed by atoms with Crippen LogP contribution in [0.25, 0.3) is 0 Å². The molecule has 0 amide bonds. The second kappa shape index (κ2) is 5.23. The molecule has 1 unspecified atom stereocenters. The Bertz CT molecular complexity index is 710. The summed E-state index contributed by atoms with van der Waals surface area (Å²) < 4.78 is 44.5. The number of anilines is 1. The molecular formula is C17H16F3NO. The highest BCUT2D eigenvalue weighted by Gasteiger charge is 2.37. The zero-order chi connectivity index (χ0) is 15.9. The van der Waals surface area contributed by atoms with Gasteiger partial charge in [-0.05, 0) is 48.2 Å². The molecule has 5 heteroatoms. The lowest BCUT2D eigenvalue weighted by molar-refractivity contribution is -0.136. The fourth-order valence-corrected chi connectivity index (χ4v) is 2.98. The van der Waals surface area contributed by atoms with Gasteiger partial charge in [-0.2, -0.15) is 13.2 Å². The number of methoxy groups -OCH3 is 1. The largest absolute Gasteiger partial charge is 0.497 e. The number of nitrogens with one attached hydrogen (secondary N) is 1. The molecule has 2 nitrogen and oxygen atoms in total. The van der Waals surface area contributed by atoms with E-state index in [0.29, 0.717) is 12.0 Å². The Labute approximate surface area is 126 Å². The highest BCUT2D eigenvalue weighted by molar-refractivity contribution is 5.64. The van der Waals surface area contributed by atoms with Crippen LogP contribution in [-0.4, -0.2) is 7.11 Å². The molecule has 0 radical (unpaired) electrons. The van der Waals surface area contributed by atoms with Gasteiger partial charge in [0.05, 0.1) is 24.4 Å². The first-order valence-corrected chi connectivity index (χ1v) is 7.00. The molecule has 0 saturated heterocycles. The van der Waals surface area contributed by atoms with Crippen molar-refractivity contribution < 1.29 is 17.9 Å². The molecule has 1 aliphatic heterocycles. The third kappa shape index (κ3) is 2.51. The molecule has 0 aromatic heterocycles. The van der Waals surface area contributed by atoms with Crippen LogP contribution >= 0.6 is 0 Å². The van der Waals surface area contributed by atoms with Crippen molar-refractivity contribution in [2.45, 2.75) is 25.6 Å². The van der Waals surface area contributed by atoms with E-state index in [1.807, 2.05) is 25.1 Å². The minimum Gasteiger partial charge on any atom is -0.497 e. The molecule has 116 valence electrons. The summed E-state index contributed by atoms with van der Waals surface area (Å²) >= 11 is 0. The van der Waals surface area contributed by atoms with Crippen LogP contribution in [0.4, 0.5) is 18.9 Å². The fourth-order valence-electron chi connectivity index (χ4n) is 2.98. The van der Waals surface area contributed by atoms with E-state index in [1.54, 1.807) is 13.2 Å². The second-order valence-corrected chi connectivity index (χ2v) is 5.46. The van der Waals surface area contributed by atoms with E-state index in [-0.39, 0.29) is 11.7 Å². The first kappa shape index (κ1) is 14.8. The van der Waals surface area contributed by atoms with Crippen molar-refractivity contribution in [3.05, 3.63) is 58.7 Å². The van der Waals surface area contributed by atoms with Crippen LogP contribution < -0.4 is 10.1 Å². The summed E-state index contributed by atoms with van der Waals surface area (Å²) in [6.45, 7) is 1.94. The van der Waals surface area contributed by atoms with Crippen molar-refractivity contribution in [1.29, 1.82) is 0 Å². The molecule has 2 aromatic rings. The van der Waals surface area contributed by atoms with Gasteiger partial charge in [0.25, 0.3) is 0 Å². The van der Waals surface area contributed by atoms with E-state index in [0.717, 1.165) is 22.9 Å². The highest BCUT2D eigenvalue weighted by Crippen LogP contribution is 2.43. The van der Waals surface area contributed by atoms with Gasteiger partial charge in [-0.3, -0.25) is 0 Å². The Hall–Kier alpha value is -2.17. The first-order chi connectivity index (χ1) is 10.4. The van der Waals surface area contributed by atoms with E-state index in [4.69, 9.17) is 4.74 Å². The smallest absolute Gasteiger partial charge is 0.418 e. The van der Waals surface area contributed by atoms with E-state index in [9.17, 15) is 13.2 Å². The van der Waals surface area contributed by atoms with Crippen molar-refractivity contribution in [1.82, 2.24) is 0 Å². The summed E-state index contributed by atoms with van der Waals surface area (Å²) in [5, 5.41) is 3.04. The minimum absolute atomic E-state index is 0.149. The maximum atomic E-state index is 13.1. The molecule has 2 aromatic carbocycles. The molecule has 0 spiro atoms. The van der Waals surface area contributed by atoms with Gasteiger partial charge >= 0.3 is 6.18 Å². The average Bonchev–Trinajstić information content (AvgIpc) is 2.89. The Kier molecular flexibility index (Phi) is 3.51. The fraction of sp³-hybridized carbons (Fsp3) is 0.294. The van der Waals surface area contributed by atoms with Gasteiger partial charge in [0.1, 0.15) is 5.75 Å². The van der Waals surface area contributed by atoms with Crippen LogP contribution in [0.1, 0.15) is 28.3 Å². The Balaban J connectivity index is 1.95. The van der Waals surface area contributed by atoms with Crippen LogP contribution in [0.3, 0.4) is 0 Å². The van der Waals surface area contributed by atoms with Crippen molar-refractivity contribution in [3.8, 4) is 5.75 Å². The SMILES string of the molecule is COc1ccc(C2Cc3cccc(C(F)(F)F)c3N2)c(C)c1. The monoisotopic (exact) mass is 307 g/mol. The Morgan fingerprint density at radius 2 is 1.95 bits per heavy atom. The number of halogens is 3. The lowest BCUT2D eigenvalue weighted by Crippen LogP contribution is -2.11. The number of rotatable bonds is 2.